The molecule has 0 aromatic heterocycles. The molecule has 1 heterocycles. The quantitative estimate of drug-likeness (QED) is 0.734. The van der Waals surface area contributed by atoms with Gasteiger partial charge in [0.05, 0.1) is 6.61 Å². The van der Waals surface area contributed by atoms with Crippen LogP contribution in [-0.4, -0.2) is 26.0 Å². The van der Waals surface area contributed by atoms with E-state index in [9.17, 15) is 0 Å². The average Bonchev–Trinajstić information content (AvgIpc) is 2.88. The molecule has 0 bridgehead atoms. The van der Waals surface area contributed by atoms with Crippen molar-refractivity contribution in [1.29, 1.82) is 0 Å². The third-order valence-corrected chi connectivity index (χ3v) is 3.14. The van der Waals surface area contributed by atoms with Gasteiger partial charge in [-0.05, 0) is 44.9 Å². The number of benzene rings is 1. The molecule has 106 valence electrons. The lowest BCUT2D eigenvalue weighted by Gasteiger charge is -2.13. The van der Waals surface area contributed by atoms with E-state index in [1.807, 2.05) is 18.2 Å². The zero-order chi connectivity index (χ0) is 13.5. The molecule has 0 saturated carbocycles. The van der Waals surface area contributed by atoms with Crippen molar-refractivity contribution >= 4 is 0 Å². The van der Waals surface area contributed by atoms with Crippen LogP contribution >= 0.6 is 0 Å². The molecule has 0 fully saturated rings. The van der Waals surface area contributed by atoms with Crippen molar-refractivity contribution in [3.05, 3.63) is 18.2 Å². The first-order valence-electron chi connectivity index (χ1n) is 7.05. The van der Waals surface area contributed by atoms with Gasteiger partial charge in [-0.15, -0.1) is 0 Å². The lowest BCUT2D eigenvalue weighted by Crippen LogP contribution is -2.26. The van der Waals surface area contributed by atoms with E-state index in [1.54, 1.807) is 0 Å². The lowest BCUT2D eigenvalue weighted by atomic mass is 10.2. The molecule has 0 radical (unpaired) electrons. The zero-order valence-electron chi connectivity index (χ0n) is 11.8. The molecule has 1 unspecified atom stereocenters. The molecular formula is C15H23NO3. The van der Waals surface area contributed by atoms with Crippen molar-refractivity contribution in [2.75, 3.05) is 19.9 Å². The Kier molecular flexibility index (Phi) is 5.33. The van der Waals surface area contributed by atoms with Crippen molar-refractivity contribution in [1.82, 2.24) is 5.32 Å². The summed E-state index contributed by atoms with van der Waals surface area (Å²) in [6.07, 6.45) is 3.36. The second-order valence-electron chi connectivity index (χ2n) is 4.86. The van der Waals surface area contributed by atoms with Crippen LogP contribution in [0, 0.1) is 0 Å². The van der Waals surface area contributed by atoms with Gasteiger partial charge >= 0.3 is 0 Å². The van der Waals surface area contributed by atoms with Crippen molar-refractivity contribution in [2.24, 2.45) is 0 Å². The molecule has 1 aliphatic heterocycles. The fraction of sp³-hybridized carbons (Fsp3) is 0.600. The van der Waals surface area contributed by atoms with Crippen LogP contribution in [0.25, 0.3) is 0 Å². The van der Waals surface area contributed by atoms with Crippen molar-refractivity contribution < 1.29 is 14.2 Å². The van der Waals surface area contributed by atoms with Gasteiger partial charge in [-0.25, -0.2) is 0 Å². The number of hydrogen-bond donors (Lipinski definition) is 1. The maximum absolute atomic E-state index is 5.72. The largest absolute Gasteiger partial charge is 0.493 e. The minimum absolute atomic E-state index is 0.305. The first-order valence-corrected chi connectivity index (χ1v) is 7.05. The minimum atomic E-state index is 0.305. The van der Waals surface area contributed by atoms with Crippen molar-refractivity contribution in [3.8, 4) is 17.2 Å². The van der Waals surface area contributed by atoms with Crippen LogP contribution in [0.1, 0.15) is 33.1 Å². The van der Waals surface area contributed by atoms with E-state index in [2.05, 4.69) is 19.2 Å². The van der Waals surface area contributed by atoms with Crippen LogP contribution in [0.15, 0.2) is 18.2 Å². The third kappa shape index (κ3) is 4.31. The van der Waals surface area contributed by atoms with Crippen molar-refractivity contribution in [3.63, 3.8) is 0 Å². The summed E-state index contributed by atoms with van der Waals surface area (Å²) in [6.45, 7) is 6.53. The maximum Gasteiger partial charge on any atom is 0.231 e. The molecule has 2 rings (SSSR count). The third-order valence-electron chi connectivity index (χ3n) is 3.14. The van der Waals surface area contributed by atoms with E-state index in [0.29, 0.717) is 12.8 Å². The maximum atomic E-state index is 5.72. The smallest absolute Gasteiger partial charge is 0.231 e. The highest BCUT2D eigenvalue weighted by Gasteiger charge is 2.13. The fourth-order valence-corrected chi connectivity index (χ4v) is 2.04. The number of nitrogens with one attached hydrogen (secondary N) is 1. The normalized spacial score (nSPS) is 14.4. The van der Waals surface area contributed by atoms with Gasteiger partial charge < -0.3 is 19.5 Å². The summed E-state index contributed by atoms with van der Waals surface area (Å²) < 4.78 is 16.3. The summed E-state index contributed by atoms with van der Waals surface area (Å²) in [5.74, 6) is 2.42. The minimum Gasteiger partial charge on any atom is -0.493 e. The van der Waals surface area contributed by atoms with E-state index in [0.717, 1.165) is 43.2 Å². The predicted octanol–water partition coefficient (Wildman–Crippen LogP) is 2.96. The van der Waals surface area contributed by atoms with Gasteiger partial charge in [-0.1, -0.05) is 6.92 Å². The van der Waals surface area contributed by atoms with E-state index in [1.165, 1.54) is 6.42 Å². The number of hydrogen-bond acceptors (Lipinski definition) is 4. The second-order valence-corrected chi connectivity index (χ2v) is 4.86. The summed E-state index contributed by atoms with van der Waals surface area (Å²) in [5, 5.41) is 3.47. The first-order chi connectivity index (χ1) is 9.29. The van der Waals surface area contributed by atoms with Gasteiger partial charge in [0.1, 0.15) is 5.75 Å². The summed E-state index contributed by atoms with van der Waals surface area (Å²) in [6, 6.07) is 6.26. The van der Waals surface area contributed by atoms with Crippen molar-refractivity contribution in [2.45, 2.75) is 39.2 Å². The van der Waals surface area contributed by atoms with Gasteiger partial charge in [-0.3, -0.25) is 0 Å². The highest BCUT2D eigenvalue weighted by atomic mass is 16.7. The zero-order valence-corrected chi connectivity index (χ0v) is 11.8. The van der Waals surface area contributed by atoms with Crippen LogP contribution in [0.5, 0.6) is 17.2 Å². The van der Waals surface area contributed by atoms with Gasteiger partial charge in [-0.2, -0.15) is 0 Å². The standard InChI is InChI=1S/C15H23NO3/c1-3-8-16-12(2)5-4-9-17-13-6-7-14-15(10-13)19-11-18-14/h6-7,10,12,16H,3-5,8-9,11H2,1-2H3. The fourth-order valence-electron chi connectivity index (χ4n) is 2.04. The number of ether oxygens (including phenoxy) is 3. The van der Waals surface area contributed by atoms with Gasteiger partial charge in [0.15, 0.2) is 11.5 Å². The van der Waals surface area contributed by atoms with Crippen LogP contribution in [0.4, 0.5) is 0 Å². The Bertz CT molecular complexity index is 395. The SMILES string of the molecule is CCCNC(C)CCCOc1ccc2c(c1)OCO2. The topological polar surface area (TPSA) is 39.7 Å². The Hall–Kier alpha value is -1.42. The Morgan fingerprint density at radius 2 is 2.16 bits per heavy atom. The second kappa shape index (κ2) is 7.24. The van der Waals surface area contributed by atoms with Crippen LogP contribution in [0.2, 0.25) is 0 Å². The van der Waals surface area contributed by atoms with Crippen LogP contribution < -0.4 is 19.5 Å². The summed E-state index contributed by atoms with van der Waals surface area (Å²) >= 11 is 0. The first kappa shape index (κ1) is 14.0. The molecule has 1 aliphatic rings. The Morgan fingerprint density at radius 3 is 3.00 bits per heavy atom. The number of rotatable bonds is 8. The number of fused-ring (bicyclic) bond motifs is 1. The van der Waals surface area contributed by atoms with Gasteiger partial charge in [0.2, 0.25) is 6.79 Å². The van der Waals surface area contributed by atoms with E-state index >= 15 is 0 Å². The summed E-state index contributed by atoms with van der Waals surface area (Å²) in [5.41, 5.74) is 0. The molecule has 4 heteroatoms. The molecule has 0 amide bonds. The molecule has 0 saturated heterocycles. The molecular weight excluding hydrogens is 242 g/mol. The van der Waals surface area contributed by atoms with Crippen LogP contribution in [0.3, 0.4) is 0 Å². The lowest BCUT2D eigenvalue weighted by molar-refractivity contribution is 0.173. The molecule has 1 atom stereocenters. The predicted molar refractivity (Wildman–Crippen MR) is 75.0 cm³/mol. The van der Waals surface area contributed by atoms with E-state index in [-0.39, 0.29) is 0 Å². The summed E-state index contributed by atoms with van der Waals surface area (Å²) in [7, 11) is 0. The Balaban J connectivity index is 1.66. The highest BCUT2D eigenvalue weighted by molar-refractivity contribution is 5.46. The molecule has 19 heavy (non-hydrogen) atoms. The van der Waals surface area contributed by atoms with Crippen LogP contribution in [-0.2, 0) is 0 Å². The molecule has 0 spiro atoms. The van der Waals surface area contributed by atoms with Gasteiger partial charge in [0, 0.05) is 12.1 Å². The molecule has 0 aliphatic carbocycles. The molecule has 1 N–H and O–H groups in total. The Morgan fingerprint density at radius 1 is 1.32 bits per heavy atom. The molecule has 1 aromatic rings. The molecule has 1 aromatic carbocycles. The Labute approximate surface area is 115 Å². The highest BCUT2D eigenvalue weighted by Crippen LogP contribution is 2.35. The molecule has 4 nitrogen and oxygen atoms in total. The van der Waals surface area contributed by atoms with E-state index in [4.69, 9.17) is 14.2 Å². The average molecular weight is 265 g/mol. The van der Waals surface area contributed by atoms with Gasteiger partial charge in [0.25, 0.3) is 0 Å². The monoisotopic (exact) mass is 265 g/mol. The summed E-state index contributed by atoms with van der Waals surface area (Å²) in [4.78, 5) is 0. The van der Waals surface area contributed by atoms with E-state index < -0.39 is 0 Å².